The highest BCUT2D eigenvalue weighted by Gasteiger charge is 1.98. The monoisotopic (exact) mass is 165 g/mol. The molecule has 0 aromatic heterocycles. The second-order valence-corrected chi connectivity index (χ2v) is 2.48. The molecule has 3 nitrogen and oxygen atoms in total. The maximum atomic E-state index is 10.2. The summed E-state index contributed by atoms with van der Waals surface area (Å²) < 4.78 is 0. The van der Waals surface area contributed by atoms with Gasteiger partial charge in [0.05, 0.1) is 0 Å². The first-order valence-corrected chi connectivity index (χ1v) is 3.60. The predicted molar refractivity (Wildman–Crippen MR) is 42.9 cm³/mol. The lowest BCUT2D eigenvalue weighted by Gasteiger charge is -1.97. The topological polar surface area (TPSA) is 57.5 Å². The fraction of sp³-hybridized carbons (Fsp3) is 0.222. The van der Waals surface area contributed by atoms with Crippen molar-refractivity contribution in [3.8, 4) is 5.75 Å². The fourth-order valence-corrected chi connectivity index (χ4v) is 0.856. The normalized spacial score (nSPS) is 9.67. The van der Waals surface area contributed by atoms with Gasteiger partial charge in [0.15, 0.2) is 0 Å². The first-order chi connectivity index (χ1) is 5.68. The third-order valence-electron chi connectivity index (χ3n) is 1.49. The van der Waals surface area contributed by atoms with Crippen molar-refractivity contribution in [3.05, 3.63) is 29.8 Å². The summed E-state index contributed by atoms with van der Waals surface area (Å²) in [5.74, 6) is -0.739. The van der Waals surface area contributed by atoms with Gasteiger partial charge in [-0.1, -0.05) is 6.07 Å². The average Bonchev–Trinajstić information content (AvgIpc) is 2.03. The first kappa shape index (κ1) is 8.59. The Labute approximate surface area is 70.3 Å². The van der Waals surface area contributed by atoms with E-state index in [-0.39, 0.29) is 12.2 Å². The van der Waals surface area contributed by atoms with Crippen LogP contribution in [0.5, 0.6) is 5.75 Å². The van der Waals surface area contributed by atoms with Gasteiger partial charge in [0.2, 0.25) is 0 Å². The highest BCUT2D eigenvalue weighted by Crippen LogP contribution is 2.09. The number of aromatic hydroxyl groups is 1. The molecule has 0 unspecified atom stereocenters. The molecule has 0 amide bonds. The van der Waals surface area contributed by atoms with Crippen LogP contribution in [0.4, 0.5) is 0 Å². The first-order valence-electron chi connectivity index (χ1n) is 3.60. The Hall–Kier alpha value is -1.51. The number of aliphatic carboxylic acids is 1. The molecule has 1 aromatic carbocycles. The molecule has 0 aliphatic rings. The molecule has 0 fully saturated rings. The number of rotatable bonds is 3. The summed E-state index contributed by atoms with van der Waals surface area (Å²) >= 11 is 0. The van der Waals surface area contributed by atoms with Crippen LogP contribution in [0, 0.1) is 6.07 Å². The van der Waals surface area contributed by atoms with E-state index in [1.54, 1.807) is 12.1 Å². The Morgan fingerprint density at radius 1 is 1.50 bits per heavy atom. The van der Waals surface area contributed by atoms with Crippen molar-refractivity contribution < 1.29 is 15.0 Å². The smallest absolute Gasteiger partial charge is 0.303 e. The zero-order valence-corrected chi connectivity index (χ0v) is 6.45. The van der Waals surface area contributed by atoms with E-state index in [1.165, 1.54) is 6.07 Å². The second kappa shape index (κ2) is 3.76. The highest BCUT2D eigenvalue weighted by atomic mass is 16.4. The van der Waals surface area contributed by atoms with Gasteiger partial charge in [-0.05, 0) is 24.1 Å². The molecular formula is C9H9O3. The predicted octanol–water partition coefficient (Wildman–Crippen LogP) is 1.21. The number of aryl methyl sites for hydroxylation is 1. The van der Waals surface area contributed by atoms with E-state index in [0.717, 1.165) is 5.56 Å². The van der Waals surface area contributed by atoms with Gasteiger partial charge >= 0.3 is 5.97 Å². The number of carbonyl (C=O) groups is 1. The van der Waals surface area contributed by atoms with Gasteiger partial charge in [-0.3, -0.25) is 4.79 Å². The maximum Gasteiger partial charge on any atom is 0.303 e. The van der Waals surface area contributed by atoms with Gasteiger partial charge in [0.25, 0.3) is 0 Å². The van der Waals surface area contributed by atoms with Gasteiger partial charge in [-0.2, -0.15) is 0 Å². The van der Waals surface area contributed by atoms with Gasteiger partial charge in [-0.25, -0.2) is 0 Å². The van der Waals surface area contributed by atoms with Crippen molar-refractivity contribution in [1.29, 1.82) is 0 Å². The number of hydrogen-bond donors (Lipinski definition) is 2. The summed E-state index contributed by atoms with van der Waals surface area (Å²) in [6, 6.07) is 7.37. The lowest BCUT2D eigenvalue weighted by Crippen LogP contribution is -1.96. The summed E-state index contributed by atoms with van der Waals surface area (Å²) in [6.45, 7) is 0. The third-order valence-corrected chi connectivity index (χ3v) is 1.49. The Bertz CT molecular complexity index is 264. The average molecular weight is 165 g/mol. The summed E-state index contributed by atoms with van der Waals surface area (Å²) in [5, 5.41) is 17.2. The zero-order valence-electron chi connectivity index (χ0n) is 6.45. The van der Waals surface area contributed by atoms with E-state index in [2.05, 4.69) is 6.07 Å². The van der Waals surface area contributed by atoms with Crippen molar-refractivity contribution in [1.82, 2.24) is 0 Å². The molecule has 0 bridgehead atoms. The van der Waals surface area contributed by atoms with E-state index < -0.39 is 5.97 Å². The number of carboxylic acids is 1. The Morgan fingerprint density at radius 3 is 2.75 bits per heavy atom. The molecule has 0 saturated carbocycles. The van der Waals surface area contributed by atoms with Crippen LogP contribution in [-0.4, -0.2) is 16.2 Å². The van der Waals surface area contributed by atoms with E-state index in [9.17, 15) is 4.79 Å². The SMILES string of the molecule is O=C(O)CCc1c[c]c(O)cc1. The van der Waals surface area contributed by atoms with Crippen molar-refractivity contribution in [2.75, 3.05) is 0 Å². The second-order valence-electron chi connectivity index (χ2n) is 2.48. The van der Waals surface area contributed by atoms with Crippen LogP contribution >= 0.6 is 0 Å². The maximum absolute atomic E-state index is 10.2. The van der Waals surface area contributed by atoms with E-state index in [4.69, 9.17) is 10.2 Å². The molecule has 1 radical (unpaired) electrons. The molecule has 12 heavy (non-hydrogen) atoms. The molecule has 1 aromatic rings. The molecule has 0 spiro atoms. The molecule has 0 atom stereocenters. The minimum absolute atomic E-state index is 0.0778. The quantitative estimate of drug-likeness (QED) is 0.707. The van der Waals surface area contributed by atoms with Crippen molar-refractivity contribution in [2.24, 2.45) is 0 Å². The lowest BCUT2D eigenvalue weighted by molar-refractivity contribution is -0.136. The molecule has 1 rings (SSSR count). The van der Waals surface area contributed by atoms with Crippen LogP contribution in [-0.2, 0) is 11.2 Å². The van der Waals surface area contributed by atoms with E-state index in [0.29, 0.717) is 6.42 Å². The number of benzene rings is 1. The Balaban J connectivity index is 2.53. The van der Waals surface area contributed by atoms with Crippen LogP contribution in [0.2, 0.25) is 0 Å². The standard InChI is InChI=1S/C9H9O3/c10-8-4-1-7(2-5-8)3-6-9(11)12/h1-2,4,10H,3,6H2,(H,11,12). The van der Waals surface area contributed by atoms with Crippen LogP contribution in [0.3, 0.4) is 0 Å². The molecule has 0 heterocycles. The van der Waals surface area contributed by atoms with Gasteiger partial charge in [0, 0.05) is 12.5 Å². The molecule has 0 aliphatic heterocycles. The number of hydrogen-bond acceptors (Lipinski definition) is 2. The molecule has 2 N–H and O–H groups in total. The minimum atomic E-state index is -0.817. The zero-order chi connectivity index (χ0) is 8.97. The molecule has 0 aliphatic carbocycles. The van der Waals surface area contributed by atoms with Gasteiger partial charge in [0.1, 0.15) is 5.75 Å². The number of phenols is 1. The molecule has 3 heteroatoms. The van der Waals surface area contributed by atoms with Gasteiger partial charge < -0.3 is 10.2 Å². The fourth-order valence-electron chi connectivity index (χ4n) is 0.856. The summed E-state index contributed by atoms with van der Waals surface area (Å²) in [6.07, 6.45) is 0.588. The Kier molecular flexibility index (Phi) is 2.69. The van der Waals surface area contributed by atoms with Crippen LogP contribution in [0.1, 0.15) is 12.0 Å². The molecular weight excluding hydrogens is 156 g/mol. The molecule has 63 valence electrons. The lowest BCUT2D eigenvalue weighted by atomic mass is 10.1. The van der Waals surface area contributed by atoms with Gasteiger partial charge in [-0.15, -0.1) is 0 Å². The summed E-state index contributed by atoms with van der Waals surface area (Å²) in [4.78, 5) is 10.2. The van der Waals surface area contributed by atoms with Crippen LogP contribution in [0.25, 0.3) is 0 Å². The Morgan fingerprint density at radius 2 is 2.25 bits per heavy atom. The third kappa shape index (κ3) is 2.62. The molecule has 0 saturated heterocycles. The van der Waals surface area contributed by atoms with E-state index in [1.807, 2.05) is 0 Å². The largest absolute Gasteiger partial charge is 0.507 e. The van der Waals surface area contributed by atoms with E-state index >= 15 is 0 Å². The summed E-state index contributed by atoms with van der Waals surface area (Å²) in [7, 11) is 0. The summed E-state index contributed by atoms with van der Waals surface area (Å²) in [5.41, 5.74) is 0.871. The van der Waals surface area contributed by atoms with Crippen molar-refractivity contribution in [2.45, 2.75) is 12.8 Å². The van der Waals surface area contributed by atoms with Crippen LogP contribution in [0.15, 0.2) is 18.2 Å². The van der Waals surface area contributed by atoms with Crippen molar-refractivity contribution in [3.63, 3.8) is 0 Å². The van der Waals surface area contributed by atoms with Crippen molar-refractivity contribution >= 4 is 5.97 Å². The highest BCUT2D eigenvalue weighted by molar-refractivity contribution is 5.67. The minimum Gasteiger partial charge on any atom is -0.507 e. The van der Waals surface area contributed by atoms with Crippen LogP contribution < -0.4 is 0 Å². The number of carboxylic acid groups (broad SMARTS) is 1. The number of phenolic OH excluding ortho intramolecular Hbond substituents is 1.